The zero-order valence-corrected chi connectivity index (χ0v) is 8.64. The molecule has 0 spiro atoms. The number of esters is 1. The number of aldehydes is 1. The summed E-state index contributed by atoms with van der Waals surface area (Å²) in [5, 5.41) is 0. The first-order valence-electron chi connectivity index (χ1n) is 4.90. The SMILES string of the molecule is CCOC(=O)[C@H](CC=O)Cc1ccco1. The van der Waals surface area contributed by atoms with E-state index in [9.17, 15) is 9.59 Å². The van der Waals surface area contributed by atoms with Crippen LogP contribution in [-0.2, 0) is 20.7 Å². The molecular formula is C11H14O4. The van der Waals surface area contributed by atoms with Crippen LogP contribution in [0.5, 0.6) is 0 Å². The van der Waals surface area contributed by atoms with Crippen LogP contribution < -0.4 is 0 Å². The van der Waals surface area contributed by atoms with Crippen LogP contribution in [0.4, 0.5) is 0 Å². The van der Waals surface area contributed by atoms with Gasteiger partial charge < -0.3 is 13.9 Å². The van der Waals surface area contributed by atoms with Crippen molar-refractivity contribution in [3.8, 4) is 0 Å². The Morgan fingerprint density at radius 3 is 3.00 bits per heavy atom. The molecule has 0 saturated heterocycles. The summed E-state index contributed by atoms with van der Waals surface area (Å²) in [7, 11) is 0. The van der Waals surface area contributed by atoms with Crippen molar-refractivity contribution in [1.82, 2.24) is 0 Å². The van der Waals surface area contributed by atoms with Gasteiger partial charge in [-0.05, 0) is 19.1 Å². The van der Waals surface area contributed by atoms with Crippen LogP contribution in [0.3, 0.4) is 0 Å². The molecule has 0 aliphatic rings. The van der Waals surface area contributed by atoms with E-state index in [2.05, 4.69) is 0 Å². The van der Waals surface area contributed by atoms with Gasteiger partial charge in [-0.1, -0.05) is 0 Å². The summed E-state index contributed by atoms with van der Waals surface area (Å²) < 4.78 is 9.98. The predicted molar refractivity (Wildman–Crippen MR) is 53.2 cm³/mol. The molecule has 0 amide bonds. The van der Waals surface area contributed by atoms with Crippen molar-refractivity contribution in [3.05, 3.63) is 24.2 Å². The molecule has 0 fully saturated rings. The molecule has 1 aromatic rings. The van der Waals surface area contributed by atoms with Crippen LogP contribution in [0.15, 0.2) is 22.8 Å². The van der Waals surface area contributed by atoms with Gasteiger partial charge >= 0.3 is 5.97 Å². The second kappa shape index (κ2) is 6.01. The highest BCUT2D eigenvalue weighted by molar-refractivity contribution is 5.75. The standard InChI is InChI=1S/C11H14O4/c1-2-14-11(13)9(5-6-12)8-10-4-3-7-15-10/h3-4,6-7,9H,2,5,8H2,1H3/t9-/m1/s1. The van der Waals surface area contributed by atoms with E-state index >= 15 is 0 Å². The van der Waals surface area contributed by atoms with Gasteiger partial charge in [0, 0.05) is 12.8 Å². The molecular weight excluding hydrogens is 196 g/mol. The Hall–Kier alpha value is -1.58. The summed E-state index contributed by atoms with van der Waals surface area (Å²) >= 11 is 0. The molecule has 0 aliphatic heterocycles. The van der Waals surface area contributed by atoms with Crippen molar-refractivity contribution in [2.24, 2.45) is 5.92 Å². The first kappa shape index (κ1) is 11.5. The van der Waals surface area contributed by atoms with E-state index in [1.165, 1.54) is 0 Å². The number of ether oxygens (including phenoxy) is 1. The minimum Gasteiger partial charge on any atom is -0.469 e. The van der Waals surface area contributed by atoms with Crippen LogP contribution in [0.2, 0.25) is 0 Å². The molecule has 1 heterocycles. The number of carbonyl (C=O) groups excluding carboxylic acids is 2. The molecule has 0 bridgehead atoms. The van der Waals surface area contributed by atoms with E-state index < -0.39 is 5.92 Å². The Labute approximate surface area is 88.2 Å². The second-order valence-corrected chi connectivity index (χ2v) is 3.13. The van der Waals surface area contributed by atoms with Crippen LogP contribution in [0.25, 0.3) is 0 Å². The van der Waals surface area contributed by atoms with Crippen molar-refractivity contribution in [2.45, 2.75) is 19.8 Å². The predicted octanol–water partition coefficient (Wildman–Crippen LogP) is 1.59. The quantitative estimate of drug-likeness (QED) is 0.528. The minimum absolute atomic E-state index is 0.166. The van der Waals surface area contributed by atoms with Crippen molar-refractivity contribution in [1.29, 1.82) is 0 Å². The van der Waals surface area contributed by atoms with Crippen LogP contribution in [-0.4, -0.2) is 18.9 Å². The van der Waals surface area contributed by atoms with Gasteiger partial charge in [0.2, 0.25) is 0 Å². The summed E-state index contributed by atoms with van der Waals surface area (Å²) in [6, 6.07) is 3.52. The Bertz CT molecular complexity index is 302. The summed E-state index contributed by atoms with van der Waals surface area (Å²) in [5.74, 6) is -0.0931. The van der Waals surface area contributed by atoms with Gasteiger partial charge in [0.15, 0.2) is 0 Å². The molecule has 0 saturated carbocycles. The topological polar surface area (TPSA) is 56.5 Å². The smallest absolute Gasteiger partial charge is 0.309 e. The monoisotopic (exact) mass is 210 g/mol. The lowest BCUT2D eigenvalue weighted by molar-refractivity contribution is -0.149. The lowest BCUT2D eigenvalue weighted by Gasteiger charge is -2.10. The lowest BCUT2D eigenvalue weighted by atomic mass is 10.0. The van der Waals surface area contributed by atoms with Gasteiger partial charge in [-0.3, -0.25) is 4.79 Å². The fourth-order valence-electron chi connectivity index (χ4n) is 1.31. The third-order valence-electron chi connectivity index (χ3n) is 2.03. The average Bonchev–Trinajstić information content (AvgIpc) is 2.70. The second-order valence-electron chi connectivity index (χ2n) is 3.13. The molecule has 1 rings (SSSR count). The fourth-order valence-corrected chi connectivity index (χ4v) is 1.31. The van der Waals surface area contributed by atoms with Gasteiger partial charge in [-0.2, -0.15) is 0 Å². The molecule has 4 heteroatoms. The largest absolute Gasteiger partial charge is 0.469 e. The van der Waals surface area contributed by atoms with E-state index in [0.29, 0.717) is 18.8 Å². The Morgan fingerprint density at radius 2 is 2.47 bits per heavy atom. The van der Waals surface area contributed by atoms with E-state index in [1.54, 1.807) is 25.3 Å². The van der Waals surface area contributed by atoms with Gasteiger partial charge in [0.05, 0.1) is 18.8 Å². The van der Waals surface area contributed by atoms with E-state index in [-0.39, 0.29) is 12.4 Å². The molecule has 1 atom stereocenters. The van der Waals surface area contributed by atoms with Crippen LogP contribution >= 0.6 is 0 Å². The van der Waals surface area contributed by atoms with Crippen LogP contribution in [0, 0.1) is 5.92 Å². The number of hydrogen-bond donors (Lipinski definition) is 0. The molecule has 0 unspecified atom stereocenters. The molecule has 0 aliphatic carbocycles. The number of hydrogen-bond acceptors (Lipinski definition) is 4. The van der Waals surface area contributed by atoms with Gasteiger partial charge in [0.1, 0.15) is 12.0 Å². The van der Waals surface area contributed by atoms with Gasteiger partial charge in [-0.25, -0.2) is 0 Å². The summed E-state index contributed by atoms with van der Waals surface area (Å²) in [6.45, 7) is 2.06. The molecule has 15 heavy (non-hydrogen) atoms. The van der Waals surface area contributed by atoms with E-state index in [0.717, 1.165) is 6.29 Å². The lowest BCUT2D eigenvalue weighted by Crippen LogP contribution is -2.20. The first-order chi connectivity index (χ1) is 7.27. The molecule has 82 valence electrons. The third-order valence-corrected chi connectivity index (χ3v) is 2.03. The molecule has 0 radical (unpaired) electrons. The van der Waals surface area contributed by atoms with E-state index in [4.69, 9.17) is 9.15 Å². The molecule has 4 nitrogen and oxygen atoms in total. The Morgan fingerprint density at radius 1 is 1.67 bits per heavy atom. The van der Waals surface area contributed by atoms with Gasteiger partial charge in [0.25, 0.3) is 0 Å². The highest BCUT2D eigenvalue weighted by Crippen LogP contribution is 2.13. The highest BCUT2D eigenvalue weighted by atomic mass is 16.5. The summed E-state index contributed by atoms with van der Waals surface area (Å²) in [6.07, 6.45) is 2.84. The molecule has 0 N–H and O–H groups in total. The van der Waals surface area contributed by atoms with Crippen molar-refractivity contribution in [3.63, 3.8) is 0 Å². The first-order valence-corrected chi connectivity index (χ1v) is 4.90. The fraction of sp³-hybridized carbons (Fsp3) is 0.455. The molecule has 0 aromatic carbocycles. The van der Waals surface area contributed by atoms with Crippen molar-refractivity contribution >= 4 is 12.3 Å². The Balaban J connectivity index is 2.57. The molecule has 1 aromatic heterocycles. The number of rotatable bonds is 6. The number of carbonyl (C=O) groups is 2. The summed E-state index contributed by atoms with van der Waals surface area (Å²) in [5.41, 5.74) is 0. The zero-order chi connectivity index (χ0) is 11.1. The average molecular weight is 210 g/mol. The summed E-state index contributed by atoms with van der Waals surface area (Å²) in [4.78, 5) is 21.9. The van der Waals surface area contributed by atoms with E-state index in [1.807, 2.05) is 0 Å². The maximum Gasteiger partial charge on any atom is 0.309 e. The normalized spacial score (nSPS) is 12.1. The van der Waals surface area contributed by atoms with Gasteiger partial charge in [-0.15, -0.1) is 0 Å². The van der Waals surface area contributed by atoms with Crippen LogP contribution in [0.1, 0.15) is 19.1 Å². The number of furan rings is 1. The third kappa shape index (κ3) is 3.58. The zero-order valence-electron chi connectivity index (χ0n) is 8.64. The highest BCUT2D eigenvalue weighted by Gasteiger charge is 2.20. The minimum atomic E-state index is -0.436. The Kier molecular flexibility index (Phi) is 4.60. The maximum absolute atomic E-state index is 11.4. The van der Waals surface area contributed by atoms with Crippen molar-refractivity contribution < 1.29 is 18.7 Å². The maximum atomic E-state index is 11.4. The van der Waals surface area contributed by atoms with Crippen molar-refractivity contribution in [2.75, 3.05) is 6.61 Å².